The largest absolute Gasteiger partial charge is 0.432 e. The van der Waals surface area contributed by atoms with E-state index in [1.807, 2.05) is 6.07 Å². The molecule has 1 aliphatic carbocycles. The Kier molecular flexibility index (Phi) is 7.22. The van der Waals surface area contributed by atoms with Crippen molar-refractivity contribution < 1.29 is 31.5 Å². The summed E-state index contributed by atoms with van der Waals surface area (Å²) in [6, 6.07) is 11.9. The molecule has 33 heavy (non-hydrogen) atoms. The van der Waals surface area contributed by atoms with Crippen LogP contribution in [0.15, 0.2) is 54.6 Å². The molecule has 0 bridgehead atoms. The summed E-state index contributed by atoms with van der Waals surface area (Å²) in [4.78, 5) is 12.6. The van der Waals surface area contributed by atoms with Crippen LogP contribution in [0.5, 0.6) is 5.75 Å². The predicted molar refractivity (Wildman–Crippen MR) is 109 cm³/mol. The molecule has 5 nitrogen and oxygen atoms in total. The summed E-state index contributed by atoms with van der Waals surface area (Å²) in [5, 5.41) is 13.7. The standard InChI is InChI=1S/C23H22F5N3O2/c24-17-6-8-18(9-7-17)33-23(27,28)15-30-19(20(32)31-21(14-29)10-11-21)13-22(25,26)12-16-4-2-1-3-5-16/h1-9,19,30H,10-13,15H2,(H,31,32)/t19-/m0/s1. The number of carbonyl (C=O) groups excluding carboxylic acids is 1. The first-order valence-corrected chi connectivity index (χ1v) is 10.2. The van der Waals surface area contributed by atoms with Crippen molar-refractivity contribution in [3.63, 3.8) is 0 Å². The fourth-order valence-electron chi connectivity index (χ4n) is 3.19. The van der Waals surface area contributed by atoms with Crippen LogP contribution in [0.4, 0.5) is 22.0 Å². The van der Waals surface area contributed by atoms with E-state index in [9.17, 15) is 26.7 Å². The Morgan fingerprint density at radius 3 is 2.30 bits per heavy atom. The van der Waals surface area contributed by atoms with Crippen molar-refractivity contribution >= 4 is 5.91 Å². The summed E-state index contributed by atoms with van der Waals surface area (Å²) >= 11 is 0. The molecule has 0 aliphatic heterocycles. The van der Waals surface area contributed by atoms with Crippen LogP contribution in [0, 0.1) is 17.1 Å². The van der Waals surface area contributed by atoms with Crippen molar-refractivity contribution in [3.05, 3.63) is 66.0 Å². The molecule has 1 amide bonds. The van der Waals surface area contributed by atoms with Gasteiger partial charge in [-0.25, -0.2) is 13.2 Å². The average Bonchev–Trinajstić information content (AvgIpc) is 3.53. The fourth-order valence-corrected chi connectivity index (χ4v) is 3.19. The quantitative estimate of drug-likeness (QED) is 0.486. The van der Waals surface area contributed by atoms with E-state index in [0.717, 1.165) is 24.3 Å². The third-order valence-corrected chi connectivity index (χ3v) is 5.09. The third kappa shape index (κ3) is 7.43. The first-order valence-electron chi connectivity index (χ1n) is 10.2. The topological polar surface area (TPSA) is 74.2 Å². The van der Waals surface area contributed by atoms with Gasteiger partial charge in [0, 0.05) is 12.8 Å². The van der Waals surface area contributed by atoms with Crippen molar-refractivity contribution in [1.82, 2.24) is 10.6 Å². The molecule has 0 radical (unpaired) electrons. The van der Waals surface area contributed by atoms with Gasteiger partial charge in [-0.05, 0) is 42.7 Å². The molecule has 1 saturated carbocycles. The number of nitrogens with one attached hydrogen (secondary N) is 2. The lowest BCUT2D eigenvalue weighted by Gasteiger charge is -2.27. The molecule has 3 rings (SSSR count). The van der Waals surface area contributed by atoms with Crippen molar-refractivity contribution in [1.29, 1.82) is 5.26 Å². The van der Waals surface area contributed by atoms with Gasteiger partial charge in [0.1, 0.15) is 23.7 Å². The number of carbonyl (C=O) groups is 1. The Hall–Kier alpha value is -3.19. The average molecular weight is 467 g/mol. The van der Waals surface area contributed by atoms with Gasteiger partial charge in [-0.2, -0.15) is 14.0 Å². The molecule has 0 aromatic heterocycles. The first kappa shape index (κ1) is 24.5. The smallest absolute Gasteiger partial charge is 0.410 e. The van der Waals surface area contributed by atoms with Gasteiger partial charge in [0.25, 0.3) is 5.92 Å². The molecule has 0 spiro atoms. The van der Waals surface area contributed by atoms with E-state index in [0.29, 0.717) is 18.4 Å². The number of nitrogens with zero attached hydrogens (tertiary/aromatic N) is 1. The van der Waals surface area contributed by atoms with E-state index in [4.69, 9.17) is 5.26 Å². The van der Waals surface area contributed by atoms with Crippen LogP contribution in [-0.4, -0.2) is 36.1 Å². The Labute approximate surface area is 187 Å². The molecular formula is C23H22F5N3O2. The first-order chi connectivity index (χ1) is 15.5. The molecule has 1 aliphatic rings. The van der Waals surface area contributed by atoms with Crippen LogP contribution in [0.2, 0.25) is 0 Å². The van der Waals surface area contributed by atoms with Crippen molar-refractivity contribution in [2.75, 3.05) is 6.54 Å². The van der Waals surface area contributed by atoms with E-state index in [2.05, 4.69) is 15.4 Å². The number of ether oxygens (including phenoxy) is 1. The van der Waals surface area contributed by atoms with Crippen molar-refractivity contribution in [3.8, 4) is 11.8 Å². The van der Waals surface area contributed by atoms with Crippen LogP contribution in [-0.2, 0) is 11.2 Å². The van der Waals surface area contributed by atoms with Gasteiger partial charge >= 0.3 is 6.11 Å². The molecule has 2 aromatic rings. The molecule has 0 saturated heterocycles. The number of nitriles is 1. The minimum atomic E-state index is -3.88. The van der Waals surface area contributed by atoms with Gasteiger partial charge in [-0.1, -0.05) is 30.3 Å². The Morgan fingerprint density at radius 1 is 1.09 bits per heavy atom. The summed E-state index contributed by atoms with van der Waals surface area (Å²) in [6.45, 7) is -1.26. The minimum absolute atomic E-state index is 0.322. The highest BCUT2D eigenvalue weighted by atomic mass is 19.3. The second-order valence-electron chi connectivity index (χ2n) is 8.03. The molecule has 2 N–H and O–H groups in total. The molecule has 0 heterocycles. The highest BCUT2D eigenvalue weighted by molar-refractivity contribution is 5.83. The van der Waals surface area contributed by atoms with Gasteiger partial charge in [0.05, 0.1) is 12.1 Å². The fraction of sp³-hybridized carbons (Fsp3) is 0.391. The monoisotopic (exact) mass is 467 g/mol. The molecule has 1 fully saturated rings. The van der Waals surface area contributed by atoms with E-state index in [1.54, 1.807) is 18.2 Å². The molecule has 1 atom stereocenters. The molecule has 0 unspecified atom stereocenters. The SMILES string of the molecule is N#CC1(NC(=O)[C@H](CC(F)(F)Cc2ccccc2)NCC(F)(F)Oc2ccc(F)cc2)CC1. The highest BCUT2D eigenvalue weighted by Gasteiger charge is 2.47. The summed E-state index contributed by atoms with van der Waals surface area (Å²) in [5.41, 5.74) is -0.832. The number of hydrogen-bond donors (Lipinski definition) is 2. The van der Waals surface area contributed by atoms with Crippen LogP contribution >= 0.6 is 0 Å². The number of halogens is 5. The third-order valence-electron chi connectivity index (χ3n) is 5.09. The number of benzene rings is 2. The Morgan fingerprint density at radius 2 is 1.73 bits per heavy atom. The van der Waals surface area contributed by atoms with Crippen molar-refractivity contribution in [2.45, 2.75) is 49.3 Å². The van der Waals surface area contributed by atoms with Crippen LogP contribution in [0.1, 0.15) is 24.8 Å². The van der Waals surface area contributed by atoms with Gasteiger partial charge in [0.2, 0.25) is 5.91 Å². The van der Waals surface area contributed by atoms with Crippen molar-refractivity contribution in [2.24, 2.45) is 0 Å². The van der Waals surface area contributed by atoms with E-state index in [-0.39, 0.29) is 5.75 Å². The highest BCUT2D eigenvalue weighted by Crippen LogP contribution is 2.35. The van der Waals surface area contributed by atoms with Crippen LogP contribution in [0.25, 0.3) is 0 Å². The van der Waals surface area contributed by atoms with Gasteiger partial charge in [-0.3, -0.25) is 10.1 Å². The van der Waals surface area contributed by atoms with Gasteiger partial charge < -0.3 is 10.1 Å². The number of rotatable bonds is 11. The minimum Gasteiger partial charge on any atom is -0.432 e. The molecule has 10 heteroatoms. The summed E-state index contributed by atoms with van der Waals surface area (Å²) in [6.07, 6.45) is -4.93. The zero-order valence-electron chi connectivity index (χ0n) is 17.5. The summed E-state index contributed by atoms with van der Waals surface area (Å²) < 4.78 is 75.5. The number of hydrogen-bond acceptors (Lipinski definition) is 4. The predicted octanol–water partition coefficient (Wildman–Crippen LogP) is 4.20. The maximum atomic E-state index is 14.7. The van der Waals surface area contributed by atoms with Gasteiger partial charge in [-0.15, -0.1) is 0 Å². The van der Waals surface area contributed by atoms with Crippen LogP contribution < -0.4 is 15.4 Å². The summed E-state index contributed by atoms with van der Waals surface area (Å²) in [5.74, 6) is -5.35. The lowest BCUT2D eigenvalue weighted by atomic mass is 10.00. The Balaban J connectivity index is 1.68. The summed E-state index contributed by atoms with van der Waals surface area (Å²) in [7, 11) is 0. The lowest BCUT2D eigenvalue weighted by Crippen LogP contribution is -2.53. The maximum absolute atomic E-state index is 14.7. The maximum Gasteiger partial charge on any atom is 0.410 e. The number of alkyl halides is 4. The molecule has 176 valence electrons. The second-order valence-corrected chi connectivity index (χ2v) is 8.03. The van der Waals surface area contributed by atoms with E-state index >= 15 is 0 Å². The van der Waals surface area contributed by atoms with Crippen LogP contribution in [0.3, 0.4) is 0 Å². The lowest BCUT2D eigenvalue weighted by molar-refractivity contribution is -0.174. The zero-order chi connectivity index (χ0) is 24.1. The number of amides is 1. The zero-order valence-corrected chi connectivity index (χ0v) is 17.5. The second kappa shape index (κ2) is 9.75. The van der Waals surface area contributed by atoms with E-state index in [1.165, 1.54) is 12.1 Å². The molecular weight excluding hydrogens is 445 g/mol. The van der Waals surface area contributed by atoms with E-state index < -0.39 is 54.7 Å². The van der Waals surface area contributed by atoms with Gasteiger partial charge in [0.15, 0.2) is 0 Å². The Bertz CT molecular complexity index is 989. The molecule has 2 aromatic carbocycles. The normalized spacial score (nSPS) is 15.9.